The van der Waals surface area contributed by atoms with Crippen LogP contribution in [0.3, 0.4) is 0 Å². The van der Waals surface area contributed by atoms with E-state index in [0.29, 0.717) is 5.69 Å². The van der Waals surface area contributed by atoms with Crippen molar-refractivity contribution in [3.05, 3.63) is 23.2 Å². The molecule has 0 saturated carbocycles. The molecule has 0 atom stereocenters. The van der Waals surface area contributed by atoms with Gasteiger partial charge in [0.2, 0.25) is 0 Å². The van der Waals surface area contributed by atoms with Crippen LogP contribution in [0.15, 0.2) is 18.2 Å². The Bertz CT molecular complexity index is 433. The fourth-order valence-electron chi connectivity index (χ4n) is 0.817. The predicted octanol–water partition coefficient (Wildman–Crippen LogP) is 0.798. The maximum absolute atomic E-state index is 11.1. The molecule has 0 bridgehead atoms. The van der Waals surface area contributed by atoms with Crippen LogP contribution in [0.2, 0.25) is 5.02 Å². The zero-order chi connectivity index (χ0) is 10.8. The topological polar surface area (TPSA) is 84.2 Å². The lowest BCUT2D eigenvalue weighted by Crippen LogP contribution is -2.26. The van der Waals surface area contributed by atoms with Gasteiger partial charge in [-0.25, -0.2) is 4.72 Å². The largest absolute Gasteiger partial charge is 0.399 e. The maximum Gasteiger partial charge on any atom is 0.298 e. The van der Waals surface area contributed by atoms with Gasteiger partial charge in [0.25, 0.3) is 10.2 Å². The number of hydrogen-bond acceptors (Lipinski definition) is 3. The quantitative estimate of drug-likeness (QED) is 0.678. The van der Waals surface area contributed by atoms with Crippen molar-refractivity contribution in [2.24, 2.45) is 0 Å². The summed E-state index contributed by atoms with van der Waals surface area (Å²) in [5.74, 6) is 0. The summed E-state index contributed by atoms with van der Waals surface area (Å²) in [7, 11) is -2.26. The molecule has 0 saturated heterocycles. The number of rotatable bonds is 3. The van der Waals surface area contributed by atoms with Crippen LogP contribution in [0.5, 0.6) is 0 Å². The van der Waals surface area contributed by atoms with Crippen LogP contribution in [0.25, 0.3) is 0 Å². The van der Waals surface area contributed by atoms with Crippen LogP contribution in [0.1, 0.15) is 0 Å². The fraction of sp³-hybridized carbons (Fsp3) is 0.143. The van der Waals surface area contributed by atoms with Crippen molar-refractivity contribution in [1.29, 1.82) is 0 Å². The fourth-order valence-corrected chi connectivity index (χ4v) is 1.60. The lowest BCUT2D eigenvalue weighted by Gasteiger charge is -2.08. The number of halogens is 1. The van der Waals surface area contributed by atoms with E-state index in [4.69, 9.17) is 17.3 Å². The molecule has 0 radical (unpaired) electrons. The van der Waals surface area contributed by atoms with Crippen LogP contribution < -0.4 is 15.2 Å². The number of benzene rings is 1. The first-order chi connectivity index (χ1) is 6.44. The minimum Gasteiger partial charge on any atom is -0.399 e. The maximum atomic E-state index is 11.1. The van der Waals surface area contributed by atoms with Crippen molar-refractivity contribution in [3.63, 3.8) is 0 Å². The molecule has 0 fully saturated rings. The molecule has 0 aliphatic heterocycles. The van der Waals surface area contributed by atoms with Crippen molar-refractivity contribution >= 4 is 33.2 Å². The summed E-state index contributed by atoms with van der Waals surface area (Å²) >= 11 is 5.75. The van der Waals surface area contributed by atoms with E-state index in [9.17, 15) is 8.42 Å². The molecule has 4 N–H and O–H groups in total. The highest BCUT2D eigenvalue weighted by molar-refractivity contribution is 7.90. The molecule has 5 nitrogen and oxygen atoms in total. The van der Waals surface area contributed by atoms with E-state index < -0.39 is 10.2 Å². The standard InChI is InChI=1S/C7H10ClN3O2S/c1-10-14(12,13)11-7-4-5(9)2-3-6(7)8/h2-4,10-11H,9H2,1H3. The van der Waals surface area contributed by atoms with Gasteiger partial charge in [-0.3, -0.25) is 4.72 Å². The second kappa shape index (κ2) is 4.04. The summed E-state index contributed by atoms with van der Waals surface area (Å²) in [4.78, 5) is 0. The lowest BCUT2D eigenvalue weighted by atomic mass is 10.3. The number of hydrogen-bond donors (Lipinski definition) is 3. The monoisotopic (exact) mass is 235 g/mol. The molecule has 0 amide bonds. The van der Waals surface area contributed by atoms with E-state index in [2.05, 4.69) is 9.44 Å². The Labute approximate surface area is 87.4 Å². The molecule has 7 heteroatoms. The molecular formula is C7H10ClN3O2S. The van der Waals surface area contributed by atoms with Gasteiger partial charge in [-0.2, -0.15) is 8.42 Å². The predicted molar refractivity (Wildman–Crippen MR) is 57.5 cm³/mol. The van der Waals surface area contributed by atoms with Crippen LogP contribution >= 0.6 is 11.6 Å². The average Bonchev–Trinajstić information content (AvgIpc) is 2.11. The molecule has 1 rings (SSSR count). The van der Waals surface area contributed by atoms with Gasteiger partial charge in [-0.1, -0.05) is 11.6 Å². The highest BCUT2D eigenvalue weighted by Crippen LogP contribution is 2.24. The molecular weight excluding hydrogens is 226 g/mol. The van der Waals surface area contributed by atoms with Gasteiger partial charge in [0.1, 0.15) is 0 Å². The van der Waals surface area contributed by atoms with Crippen LogP contribution in [-0.2, 0) is 10.2 Å². The molecule has 1 aromatic rings. The first kappa shape index (κ1) is 11.1. The third-order valence-corrected chi connectivity index (χ3v) is 2.86. The summed E-state index contributed by atoms with van der Waals surface area (Å²) in [6.07, 6.45) is 0. The van der Waals surface area contributed by atoms with E-state index in [0.717, 1.165) is 0 Å². The molecule has 0 spiro atoms. The summed E-state index contributed by atoms with van der Waals surface area (Å²) < 4.78 is 26.5. The molecule has 0 unspecified atom stereocenters. The van der Waals surface area contributed by atoms with Crippen molar-refractivity contribution in [2.75, 3.05) is 17.5 Å². The van der Waals surface area contributed by atoms with Crippen molar-refractivity contribution in [2.45, 2.75) is 0 Å². The Kier molecular flexibility index (Phi) is 3.20. The highest BCUT2D eigenvalue weighted by atomic mass is 35.5. The third-order valence-electron chi connectivity index (χ3n) is 1.50. The Morgan fingerprint density at radius 2 is 2.07 bits per heavy atom. The second-order valence-corrected chi connectivity index (χ2v) is 4.58. The summed E-state index contributed by atoms with van der Waals surface area (Å²) in [6, 6.07) is 4.54. The van der Waals surface area contributed by atoms with Crippen LogP contribution in [-0.4, -0.2) is 15.5 Å². The molecule has 0 aromatic heterocycles. The van der Waals surface area contributed by atoms with Crippen molar-refractivity contribution in [1.82, 2.24) is 4.72 Å². The summed E-state index contributed by atoms with van der Waals surface area (Å²) in [6.45, 7) is 0. The van der Waals surface area contributed by atoms with E-state index in [-0.39, 0.29) is 10.7 Å². The van der Waals surface area contributed by atoms with Crippen LogP contribution in [0.4, 0.5) is 11.4 Å². The van der Waals surface area contributed by atoms with E-state index in [1.807, 2.05) is 0 Å². The Morgan fingerprint density at radius 1 is 1.43 bits per heavy atom. The van der Waals surface area contributed by atoms with Gasteiger partial charge in [0.05, 0.1) is 10.7 Å². The van der Waals surface area contributed by atoms with E-state index in [1.54, 1.807) is 6.07 Å². The van der Waals surface area contributed by atoms with Crippen molar-refractivity contribution < 1.29 is 8.42 Å². The smallest absolute Gasteiger partial charge is 0.298 e. The van der Waals surface area contributed by atoms with Gasteiger partial charge in [-0.15, -0.1) is 0 Å². The van der Waals surface area contributed by atoms with Gasteiger partial charge in [0.15, 0.2) is 0 Å². The van der Waals surface area contributed by atoms with Gasteiger partial charge >= 0.3 is 0 Å². The first-order valence-electron chi connectivity index (χ1n) is 3.71. The van der Waals surface area contributed by atoms with E-state index >= 15 is 0 Å². The first-order valence-corrected chi connectivity index (χ1v) is 5.57. The summed E-state index contributed by atoms with van der Waals surface area (Å²) in [5, 5.41) is 0.290. The SMILES string of the molecule is CNS(=O)(=O)Nc1cc(N)ccc1Cl. The number of anilines is 2. The molecule has 1 aromatic carbocycles. The average molecular weight is 236 g/mol. The molecule has 0 heterocycles. The normalized spacial score (nSPS) is 11.3. The molecule has 0 aliphatic rings. The van der Waals surface area contributed by atoms with E-state index in [1.165, 1.54) is 19.2 Å². The van der Waals surface area contributed by atoms with Crippen LogP contribution in [0, 0.1) is 0 Å². The number of nitrogens with two attached hydrogens (primary N) is 1. The zero-order valence-corrected chi connectivity index (χ0v) is 8.98. The molecule has 14 heavy (non-hydrogen) atoms. The zero-order valence-electron chi connectivity index (χ0n) is 7.41. The lowest BCUT2D eigenvalue weighted by molar-refractivity contribution is 0.593. The second-order valence-electron chi connectivity index (χ2n) is 2.55. The number of nitrogens with one attached hydrogen (secondary N) is 2. The Balaban J connectivity index is 3.03. The van der Waals surface area contributed by atoms with Gasteiger partial charge in [0, 0.05) is 12.7 Å². The van der Waals surface area contributed by atoms with Gasteiger partial charge in [-0.05, 0) is 18.2 Å². The Hall–Kier alpha value is -0.980. The Morgan fingerprint density at radius 3 is 2.64 bits per heavy atom. The summed E-state index contributed by atoms with van der Waals surface area (Å²) in [5.41, 5.74) is 6.16. The third kappa shape index (κ3) is 2.76. The van der Waals surface area contributed by atoms with Crippen molar-refractivity contribution in [3.8, 4) is 0 Å². The number of nitrogen functional groups attached to an aromatic ring is 1. The highest BCUT2D eigenvalue weighted by Gasteiger charge is 2.09. The minimum absolute atomic E-state index is 0.251. The molecule has 0 aliphatic carbocycles. The van der Waals surface area contributed by atoms with Gasteiger partial charge < -0.3 is 5.73 Å². The molecule has 78 valence electrons. The minimum atomic E-state index is -3.55.